The number of hydrogen-bond donors (Lipinski definition) is 1. The number of nitrogens with zero attached hydrogens (tertiary/aromatic N) is 4. The maximum absolute atomic E-state index is 12.3. The Bertz CT molecular complexity index is 1220. The van der Waals surface area contributed by atoms with Crippen molar-refractivity contribution in [3.05, 3.63) is 90.5 Å². The zero-order chi connectivity index (χ0) is 24.3. The van der Waals surface area contributed by atoms with E-state index in [9.17, 15) is 4.79 Å². The molecule has 0 unspecified atom stereocenters. The van der Waals surface area contributed by atoms with Crippen LogP contribution in [0.25, 0.3) is 11.1 Å². The van der Waals surface area contributed by atoms with Crippen molar-refractivity contribution < 1.29 is 14.3 Å². The second-order valence-electron chi connectivity index (χ2n) is 7.58. The quantitative estimate of drug-likeness (QED) is 0.301. The second-order valence-corrected chi connectivity index (χ2v) is 8.52. The molecule has 2 aromatic heterocycles. The zero-order valence-electron chi connectivity index (χ0n) is 19.5. The summed E-state index contributed by atoms with van der Waals surface area (Å²) in [7, 11) is 1.65. The first-order chi connectivity index (χ1) is 17.2. The van der Waals surface area contributed by atoms with E-state index in [2.05, 4.69) is 32.6 Å². The van der Waals surface area contributed by atoms with Crippen LogP contribution >= 0.6 is 11.8 Å². The maximum Gasteiger partial charge on any atom is 0.230 e. The molecule has 0 radical (unpaired) electrons. The Hall–Kier alpha value is -3.69. The molecule has 0 aliphatic heterocycles. The fraction of sp³-hybridized carbons (Fsp3) is 0.231. The number of methoxy groups -OCH3 is 1. The summed E-state index contributed by atoms with van der Waals surface area (Å²) in [4.78, 5) is 16.6. The van der Waals surface area contributed by atoms with Crippen LogP contribution in [0.3, 0.4) is 0 Å². The van der Waals surface area contributed by atoms with Gasteiger partial charge in [0.2, 0.25) is 5.91 Å². The molecule has 1 amide bonds. The van der Waals surface area contributed by atoms with Crippen molar-refractivity contribution in [2.45, 2.75) is 24.9 Å². The van der Waals surface area contributed by atoms with Crippen LogP contribution in [0.1, 0.15) is 11.5 Å². The molecule has 0 aliphatic rings. The van der Waals surface area contributed by atoms with Gasteiger partial charge in [-0.2, -0.15) is 0 Å². The van der Waals surface area contributed by atoms with Crippen LogP contribution in [0.4, 0.5) is 0 Å². The Labute approximate surface area is 208 Å². The van der Waals surface area contributed by atoms with Gasteiger partial charge in [-0.25, -0.2) is 0 Å². The van der Waals surface area contributed by atoms with Crippen LogP contribution in [-0.2, 0) is 29.2 Å². The van der Waals surface area contributed by atoms with Crippen molar-refractivity contribution in [3.63, 3.8) is 0 Å². The average Bonchev–Trinajstić information content (AvgIpc) is 3.31. The summed E-state index contributed by atoms with van der Waals surface area (Å²) in [5, 5.41) is 12.1. The van der Waals surface area contributed by atoms with E-state index in [1.165, 1.54) is 11.8 Å². The largest absolute Gasteiger partial charge is 0.485 e. The number of carbonyl (C=O) groups is 1. The molecule has 9 heteroatoms. The molecule has 180 valence electrons. The molecule has 4 aromatic rings. The van der Waals surface area contributed by atoms with Gasteiger partial charge in [-0.15, -0.1) is 10.2 Å². The number of hydrogen-bond acceptors (Lipinski definition) is 7. The van der Waals surface area contributed by atoms with Gasteiger partial charge in [-0.3, -0.25) is 9.78 Å². The van der Waals surface area contributed by atoms with E-state index in [-0.39, 0.29) is 18.3 Å². The van der Waals surface area contributed by atoms with Crippen LogP contribution in [-0.4, -0.2) is 45.1 Å². The number of para-hydroxylation sites is 1. The molecule has 0 atom stereocenters. The highest BCUT2D eigenvalue weighted by Crippen LogP contribution is 2.30. The van der Waals surface area contributed by atoms with Crippen LogP contribution in [0.15, 0.2) is 84.1 Å². The van der Waals surface area contributed by atoms with Crippen molar-refractivity contribution in [1.82, 2.24) is 25.1 Å². The predicted octanol–water partition coefficient (Wildman–Crippen LogP) is 3.97. The minimum atomic E-state index is -0.100. The number of thioether (sulfide) groups is 1. The minimum absolute atomic E-state index is 0.100. The summed E-state index contributed by atoms with van der Waals surface area (Å²) in [6.45, 7) is 1.68. The van der Waals surface area contributed by atoms with E-state index in [1.54, 1.807) is 13.3 Å². The number of amides is 1. The smallest absolute Gasteiger partial charge is 0.230 e. The number of ether oxygens (including phenoxy) is 2. The number of rotatable bonds is 12. The third-order valence-corrected chi connectivity index (χ3v) is 6.13. The molecule has 0 saturated carbocycles. The van der Waals surface area contributed by atoms with Gasteiger partial charge in [-0.1, -0.05) is 66.4 Å². The maximum atomic E-state index is 12.3. The lowest BCUT2D eigenvalue weighted by atomic mass is 10.1. The van der Waals surface area contributed by atoms with E-state index >= 15 is 0 Å². The third kappa shape index (κ3) is 6.91. The van der Waals surface area contributed by atoms with Crippen LogP contribution in [0.5, 0.6) is 5.75 Å². The molecule has 35 heavy (non-hydrogen) atoms. The summed E-state index contributed by atoms with van der Waals surface area (Å²) < 4.78 is 13.4. The molecule has 1 N–H and O–H groups in total. The first kappa shape index (κ1) is 24.4. The first-order valence-electron chi connectivity index (χ1n) is 11.2. The van der Waals surface area contributed by atoms with E-state index in [0.29, 0.717) is 30.7 Å². The Morgan fingerprint density at radius 2 is 1.80 bits per heavy atom. The Kier molecular flexibility index (Phi) is 8.85. The molecule has 0 aliphatic carbocycles. The number of pyridine rings is 1. The topological polar surface area (TPSA) is 91.2 Å². The summed E-state index contributed by atoms with van der Waals surface area (Å²) in [6.07, 6.45) is 1.70. The van der Waals surface area contributed by atoms with Gasteiger partial charge in [0.1, 0.15) is 12.4 Å². The van der Waals surface area contributed by atoms with Crippen molar-refractivity contribution >= 4 is 17.7 Å². The van der Waals surface area contributed by atoms with Gasteiger partial charge in [0.05, 0.1) is 24.6 Å². The van der Waals surface area contributed by atoms with E-state index in [1.807, 2.05) is 65.2 Å². The molecular formula is C26H27N5O3S. The fourth-order valence-corrected chi connectivity index (χ4v) is 4.22. The Morgan fingerprint density at radius 1 is 1.00 bits per heavy atom. The Balaban J connectivity index is 1.40. The van der Waals surface area contributed by atoms with Crippen LogP contribution in [0, 0.1) is 0 Å². The zero-order valence-corrected chi connectivity index (χ0v) is 20.3. The molecule has 8 nitrogen and oxygen atoms in total. The van der Waals surface area contributed by atoms with Crippen LogP contribution < -0.4 is 10.1 Å². The lowest BCUT2D eigenvalue weighted by molar-refractivity contribution is -0.118. The van der Waals surface area contributed by atoms with Gasteiger partial charge in [0, 0.05) is 25.4 Å². The van der Waals surface area contributed by atoms with E-state index < -0.39 is 0 Å². The van der Waals surface area contributed by atoms with Gasteiger partial charge in [-0.05, 0) is 23.8 Å². The number of nitrogens with one attached hydrogen (secondary N) is 1. The Morgan fingerprint density at radius 3 is 2.60 bits per heavy atom. The average molecular weight is 490 g/mol. The van der Waals surface area contributed by atoms with Gasteiger partial charge < -0.3 is 19.4 Å². The molecule has 0 spiro atoms. The number of carbonyl (C=O) groups excluding carboxylic acids is 1. The monoisotopic (exact) mass is 489 g/mol. The number of aromatic nitrogens is 4. The van der Waals surface area contributed by atoms with Gasteiger partial charge in [0.25, 0.3) is 0 Å². The van der Waals surface area contributed by atoms with Gasteiger partial charge >= 0.3 is 0 Å². The first-order valence-corrected chi connectivity index (χ1v) is 12.2. The van der Waals surface area contributed by atoms with Crippen molar-refractivity contribution in [1.29, 1.82) is 0 Å². The predicted molar refractivity (Wildman–Crippen MR) is 135 cm³/mol. The second kappa shape index (κ2) is 12.7. The molecule has 0 saturated heterocycles. The molecule has 0 bridgehead atoms. The number of benzene rings is 2. The standard InChI is InChI=1S/C26H27N5O3S/c1-33-16-15-31-24(18-34-23-13-6-5-12-22(23)20-9-3-2-4-10-20)29-30-26(31)35-19-25(32)28-17-21-11-7-8-14-27-21/h2-14H,15-19H2,1H3,(H,28,32). The van der Waals surface area contributed by atoms with Crippen molar-refractivity contribution in [2.24, 2.45) is 0 Å². The third-order valence-electron chi connectivity index (χ3n) is 5.17. The highest BCUT2D eigenvalue weighted by atomic mass is 32.2. The van der Waals surface area contributed by atoms with Crippen molar-refractivity contribution in [3.8, 4) is 16.9 Å². The van der Waals surface area contributed by atoms with E-state index in [4.69, 9.17) is 9.47 Å². The normalized spacial score (nSPS) is 10.8. The van der Waals surface area contributed by atoms with Gasteiger partial charge in [0.15, 0.2) is 11.0 Å². The lowest BCUT2D eigenvalue weighted by Gasteiger charge is -2.13. The summed E-state index contributed by atoms with van der Waals surface area (Å²) in [6, 6.07) is 23.6. The van der Waals surface area contributed by atoms with Crippen molar-refractivity contribution in [2.75, 3.05) is 19.5 Å². The summed E-state index contributed by atoms with van der Waals surface area (Å²) in [5.74, 6) is 1.55. The molecule has 2 aromatic carbocycles. The summed E-state index contributed by atoms with van der Waals surface area (Å²) >= 11 is 1.33. The highest BCUT2D eigenvalue weighted by molar-refractivity contribution is 7.99. The summed E-state index contributed by atoms with van der Waals surface area (Å²) in [5.41, 5.74) is 2.90. The molecule has 0 fully saturated rings. The van der Waals surface area contributed by atoms with E-state index in [0.717, 1.165) is 22.6 Å². The lowest BCUT2D eigenvalue weighted by Crippen LogP contribution is -2.25. The highest BCUT2D eigenvalue weighted by Gasteiger charge is 2.16. The molecule has 2 heterocycles. The molecule has 4 rings (SSSR count). The minimum Gasteiger partial charge on any atom is -0.485 e. The van der Waals surface area contributed by atoms with Crippen LogP contribution in [0.2, 0.25) is 0 Å². The SMILES string of the molecule is COCCn1c(COc2ccccc2-c2ccccc2)nnc1SCC(=O)NCc1ccccn1. The fourth-order valence-electron chi connectivity index (χ4n) is 3.40. The molecular weight excluding hydrogens is 462 g/mol.